The second kappa shape index (κ2) is 7.08. The molecule has 1 fully saturated rings. The number of hydrogen-bond acceptors (Lipinski definition) is 6. The number of rotatable bonds is 3. The molecule has 0 unspecified atom stereocenters. The van der Waals surface area contributed by atoms with Crippen molar-refractivity contribution in [3.05, 3.63) is 24.3 Å². The summed E-state index contributed by atoms with van der Waals surface area (Å²) in [7, 11) is 0. The molecule has 8 heteroatoms. The van der Waals surface area contributed by atoms with E-state index in [4.69, 9.17) is 21.4 Å². The Balaban J connectivity index is 1.72. The maximum atomic E-state index is 5.55. The van der Waals surface area contributed by atoms with E-state index in [2.05, 4.69) is 20.4 Å². The Hall–Kier alpha value is -1.64. The Labute approximate surface area is 138 Å². The van der Waals surface area contributed by atoms with Gasteiger partial charge in [-0.05, 0) is 36.7 Å². The van der Waals surface area contributed by atoms with Crippen LogP contribution in [0.5, 0.6) is 0 Å². The van der Waals surface area contributed by atoms with Crippen LogP contribution in [0.25, 0.3) is 11.5 Å². The lowest BCUT2D eigenvalue weighted by Gasteiger charge is -2.29. The van der Waals surface area contributed by atoms with Crippen LogP contribution in [-0.4, -0.2) is 52.8 Å². The molecule has 0 bridgehead atoms. The molecule has 0 radical (unpaired) electrons. The molecule has 22 heavy (non-hydrogen) atoms. The van der Waals surface area contributed by atoms with E-state index in [0.717, 1.165) is 24.3 Å². The molecule has 1 aliphatic heterocycles. The first-order chi connectivity index (χ1) is 10.8. The number of thiocarbonyl (C=S) groups is 1. The van der Waals surface area contributed by atoms with Crippen molar-refractivity contribution in [2.24, 2.45) is 0 Å². The second-order valence-electron chi connectivity index (χ2n) is 4.69. The Morgan fingerprint density at radius 3 is 2.86 bits per heavy atom. The van der Waals surface area contributed by atoms with E-state index in [1.807, 2.05) is 30.5 Å². The zero-order valence-corrected chi connectivity index (χ0v) is 13.7. The van der Waals surface area contributed by atoms with Crippen molar-refractivity contribution in [2.75, 3.05) is 37.9 Å². The van der Waals surface area contributed by atoms with Crippen LogP contribution in [0.15, 0.2) is 33.9 Å². The lowest BCUT2D eigenvalue weighted by atomic mass is 10.2. The van der Waals surface area contributed by atoms with Crippen molar-refractivity contribution in [3.8, 4) is 11.5 Å². The van der Waals surface area contributed by atoms with Gasteiger partial charge in [-0.2, -0.15) is 0 Å². The molecule has 6 nitrogen and oxygen atoms in total. The zero-order chi connectivity index (χ0) is 15.4. The van der Waals surface area contributed by atoms with Gasteiger partial charge in [-0.25, -0.2) is 0 Å². The smallest absolute Gasteiger partial charge is 0.276 e. The topological polar surface area (TPSA) is 63.4 Å². The average Bonchev–Trinajstić information content (AvgIpc) is 3.05. The minimum atomic E-state index is 0.505. The summed E-state index contributed by atoms with van der Waals surface area (Å²) in [6.07, 6.45) is 1.90. The summed E-state index contributed by atoms with van der Waals surface area (Å²) in [5.74, 6) is 0.505. The van der Waals surface area contributed by atoms with Crippen molar-refractivity contribution in [1.29, 1.82) is 0 Å². The molecular weight excluding hydrogens is 320 g/mol. The highest BCUT2D eigenvalue weighted by molar-refractivity contribution is 7.98. The standard InChI is InChI=1S/C14H16N4O2S2/c1-22-14-17-16-12(20-14)10-3-2-4-11(9-10)15-13(21)18-5-7-19-8-6-18/h2-4,9H,5-8H2,1H3,(H,15,21). The first kappa shape index (κ1) is 15.3. The fraction of sp³-hybridized carbons (Fsp3) is 0.357. The monoisotopic (exact) mass is 336 g/mol. The highest BCUT2D eigenvalue weighted by Crippen LogP contribution is 2.24. The van der Waals surface area contributed by atoms with E-state index in [0.29, 0.717) is 29.4 Å². The quantitative estimate of drug-likeness (QED) is 0.677. The van der Waals surface area contributed by atoms with Gasteiger partial charge >= 0.3 is 0 Å². The summed E-state index contributed by atoms with van der Waals surface area (Å²) >= 11 is 6.87. The molecule has 0 aliphatic carbocycles. The van der Waals surface area contributed by atoms with Crippen molar-refractivity contribution in [1.82, 2.24) is 15.1 Å². The SMILES string of the molecule is CSc1nnc(-c2cccc(NC(=S)N3CCOCC3)c2)o1. The molecule has 1 aliphatic rings. The fourth-order valence-electron chi connectivity index (χ4n) is 2.11. The second-order valence-corrected chi connectivity index (χ2v) is 5.83. The summed E-state index contributed by atoms with van der Waals surface area (Å²) in [6.45, 7) is 3.04. The van der Waals surface area contributed by atoms with E-state index < -0.39 is 0 Å². The van der Waals surface area contributed by atoms with Gasteiger partial charge in [0.05, 0.1) is 13.2 Å². The van der Waals surface area contributed by atoms with Gasteiger partial charge in [-0.1, -0.05) is 17.8 Å². The number of hydrogen-bond donors (Lipinski definition) is 1. The minimum Gasteiger partial charge on any atom is -0.411 e. The maximum Gasteiger partial charge on any atom is 0.276 e. The van der Waals surface area contributed by atoms with Gasteiger partial charge in [-0.15, -0.1) is 10.2 Å². The first-order valence-corrected chi connectivity index (χ1v) is 8.51. The number of nitrogens with one attached hydrogen (secondary N) is 1. The molecular formula is C14H16N4O2S2. The number of anilines is 1. The number of aromatic nitrogens is 2. The summed E-state index contributed by atoms with van der Waals surface area (Å²) in [6, 6.07) is 7.77. The van der Waals surface area contributed by atoms with Crippen molar-refractivity contribution in [2.45, 2.75) is 5.22 Å². The third-order valence-electron chi connectivity index (χ3n) is 3.24. The molecule has 0 saturated carbocycles. The molecule has 0 amide bonds. The maximum absolute atomic E-state index is 5.55. The van der Waals surface area contributed by atoms with E-state index in [9.17, 15) is 0 Å². The predicted octanol–water partition coefficient (Wildman–Crippen LogP) is 2.49. The van der Waals surface area contributed by atoms with Crippen molar-refractivity contribution in [3.63, 3.8) is 0 Å². The number of benzene rings is 1. The van der Waals surface area contributed by atoms with Gasteiger partial charge in [0.2, 0.25) is 5.89 Å². The van der Waals surface area contributed by atoms with Crippen molar-refractivity contribution < 1.29 is 9.15 Å². The van der Waals surface area contributed by atoms with Gasteiger partial charge < -0.3 is 19.4 Å². The lowest BCUT2D eigenvalue weighted by Crippen LogP contribution is -2.42. The van der Waals surface area contributed by atoms with Crippen LogP contribution in [0.2, 0.25) is 0 Å². The minimum absolute atomic E-state index is 0.505. The summed E-state index contributed by atoms with van der Waals surface area (Å²) in [4.78, 5) is 2.10. The molecule has 2 heterocycles. The lowest BCUT2D eigenvalue weighted by molar-refractivity contribution is 0.0690. The largest absolute Gasteiger partial charge is 0.411 e. The molecule has 0 atom stereocenters. The van der Waals surface area contributed by atoms with Gasteiger partial charge in [-0.3, -0.25) is 0 Å². The number of nitrogens with zero attached hydrogens (tertiary/aromatic N) is 3. The fourth-order valence-corrected chi connectivity index (χ4v) is 2.69. The summed E-state index contributed by atoms with van der Waals surface area (Å²) < 4.78 is 10.9. The molecule has 2 aromatic rings. The normalized spacial score (nSPS) is 14.9. The van der Waals surface area contributed by atoms with Crippen LogP contribution in [0.1, 0.15) is 0 Å². The van der Waals surface area contributed by atoms with Crippen LogP contribution in [-0.2, 0) is 4.74 Å². The molecule has 116 valence electrons. The molecule has 1 aromatic carbocycles. The Morgan fingerprint density at radius 1 is 1.32 bits per heavy atom. The van der Waals surface area contributed by atoms with Gasteiger partial charge in [0.15, 0.2) is 5.11 Å². The number of thioether (sulfide) groups is 1. The summed E-state index contributed by atoms with van der Waals surface area (Å²) in [5, 5.41) is 12.5. The Kier molecular flexibility index (Phi) is 4.91. The van der Waals surface area contributed by atoms with Crippen LogP contribution in [0, 0.1) is 0 Å². The van der Waals surface area contributed by atoms with E-state index in [1.54, 1.807) is 0 Å². The third-order valence-corrected chi connectivity index (χ3v) is 4.11. The zero-order valence-electron chi connectivity index (χ0n) is 12.1. The van der Waals surface area contributed by atoms with E-state index in [-0.39, 0.29) is 0 Å². The first-order valence-electron chi connectivity index (χ1n) is 6.88. The van der Waals surface area contributed by atoms with Crippen LogP contribution in [0.3, 0.4) is 0 Å². The highest BCUT2D eigenvalue weighted by atomic mass is 32.2. The van der Waals surface area contributed by atoms with Crippen LogP contribution >= 0.6 is 24.0 Å². The van der Waals surface area contributed by atoms with E-state index in [1.165, 1.54) is 11.8 Å². The number of morpholine rings is 1. The molecule has 1 saturated heterocycles. The molecule has 1 aromatic heterocycles. The van der Waals surface area contributed by atoms with Crippen LogP contribution in [0.4, 0.5) is 5.69 Å². The van der Waals surface area contributed by atoms with Gasteiger partial charge in [0.25, 0.3) is 5.22 Å². The summed E-state index contributed by atoms with van der Waals surface area (Å²) in [5.41, 5.74) is 1.76. The average molecular weight is 336 g/mol. The van der Waals surface area contributed by atoms with Gasteiger partial charge in [0.1, 0.15) is 0 Å². The van der Waals surface area contributed by atoms with Crippen LogP contribution < -0.4 is 5.32 Å². The number of ether oxygens (including phenoxy) is 1. The predicted molar refractivity (Wildman–Crippen MR) is 90.1 cm³/mol. The third kappa shape index (κ3) is 3.57. The van der Waals surface area contributed by atoms with E-state index >= 15 is 0 Å². The molecule has 1 N–H and O–H groups in total. The molecule has 3 rings (SSSR count). The molecule has 0 spiro atoms. The Bertz CT molecular complexity index is 656. The van der Waals surface area contributed by atoms with Crippen molar-refractivity contribution >= 4 is 34.8 Å². The Morgan fingerprint density at radius 2 is 2.14 bits per heavy atom. The highest BCUT2D eigenvalue weighted by Gasteiger charge is 2.14. The van der Waals surface area contributed by atoms with Gasteiger partial charge in [0, 0.05) is 24.3 Å².